The van der Waals surface area contributed by atoms with Crippen molar-refractivity contribution in [3.63, 3.8) is 0 Å². The van der Waals surface area contributed by atoms with Crippen LogP contribution in [0.3, 0.4) is 0 Å². The monoisotopic (exact) mass is 318 g/mol. The Labute approximate surface area is 136 Å². The van der Waals surface area contributed by atoms with E-state index in [0.717, 1.165) is 22.5 Å². The van der Waals surface area contributed by atoms with Crippen LogP contribution in [0, 0.1) is 0 Å². The van der Waals surface area contributed by atoms with Gasteiger partial charge in [-0.25, -0.2) is 4.79 Å². The minimum atomic E-state index is -0.415. The van der Waals surface area contributed by atoms with Gasteiger partial charge >= 0.3 is 5.97 Å². The summed E-state index contributed by atoms with van der Waals surface area (Å²) in [6, 6.07) is 5.08. The van der Waals surface area contributed by atoms with Crippen molar-refractivity contribution < 1.29 is 14.3 Å². The van der Waals surface area contributed by atoms with E-state index in [9.17, 15) is 9.59 Å². The van der Waals surface area contributed by atoms with Gasteiger partial charge in [-0.2, -0.15) is 0 Å². The lowest BCUT2D eigenvalue weighted by Gasteiger charge is -2.07. The molecule has 4 heteroatoms. The first kappa shape index (κ1) is 18.2. The van der Waals surface area contributed by atoms with Crippen molar-refractivity contribution in [2.45, 2.75) is 32.6 Å². The van der Waals surface area contributed by atoms with Crippen LogP contribution in [0.2, 0.25) is 0 Å². The normalized spacial score (nSPS) is 9.82. The Kier molecular flexibility index (Phi) is 7.67. The second kappa shape index (κ2) is 9.26. The van der Waals surface area contributed by atoms with Crippen LogP contribution in [-0.2, 0) is 4.74 Å². The Morgan fingerprint density at radius 2 is 1.82 bits per heavy atom. The molecule has 0 bridgehead atoms. The minimum absolute atomic E-state index is 0.245. The van der Waals surface area contributed by atoms with Crippen LogP contribution in [0.15, 0.2) is 46.4 Å². The lowest BCUT2D eigenvalue weighted by atomic mass is 10.1. The van der Waals surface area contributed by atoms with Gasteiger partial charge in [0.15, 0.2) is 6.29 Å². The summed E-state index contributed by atoms with van der Waals surface area (Å²) < 4.78 is 5.14. The Balaban J connectivity index is 2.79. The van der Waals surface area contributed by atoms with Gasteiger partial charge in [0.25, 0.3) is 0 Å². The highest BCUT2D eigenvalue weighted by Gasteiger charge is 2.10. The second-order valence-corrected chi connectivity index (χ2v) is 6.40. The average Bonchev–Trinajstić information content (AvgIpc) is 2.46. The Morgan fingerprint density at radius 3 is 2.41 bits per heavy atom. The molecular weight excluding hydrogens is 296 g/mol. The Bertz CT molecular complexity index is 592. The van der Waals surface area contributed by atoms with Crippen molar-refractivity contribution in [1.29, 1.82) is 0 Å². The molecule has 1 rings (SSSR count). The summed E-state index contributed by atoms with van der Waals surface area (Å²) in [5, 5.41) is 0. The molecule has 0 aliphatic heterocycles. The second-order valence-electron chi connectivity index (χ2n) is 5.34. The lowest BCUT2D eigenvalue weighted by Crippen LogP contribution is -2.06. The number of rotatable bonds is 7. The molecule has 0 aromatic heterocycles. The van der Waals surface area contributed by atoms with Crippen LogP contribution in [0.4, 0.5) is 0 Å². The summed E-state index contributed by atoms with van der Waals surface area (Å²) in [5.41, 5.74) is 3.24. The summed E-state index contributed by atoms with van der Waals surface area (Å²) in [4.78, 5) is 24.0. The molecule has 0 saturated carbocycles. The predicted octanol–water partition coefficient (Wildman–Crippen LogP) is 4.68. The van der Waals surface area contributed by atoms with Crippen molar-refractivity contribution in [3.8, 4) is 0 Å². The molecule has 0 N–H and O–H groups in total. The molecule has 0 radical (unpaired) electrons. The van der Waals surface area contributed by atoms with Gasteiger partial charge in [0, 0.05) is 16.2 Å². The lowest BCUT2D eigenvalue weighted by molar-refractivity contribution is 0.0549. The van der Waals surface area contributed by atoms with Gasteiger partial charge in [0.1, 0.15) is 6.61 Å². The van der Waals surface area contributed by atoms with Crippen molar-refractivity contribution >= 4 is 24.0 Å². The number of benzene rings is 1. The van der Waals surface area contributed by atoms with Gasteiger partial charge in [0.05, 0.1) is 5.56 Å². The maximum Gasteiger partial charge on any atom is 0.338 e. The van der Waals surface area contributed by atoms with E-state index in [1.807, 2.05) is 33.8 Å². The first-order valence-corrected chi connectivity index (χ1v) is 8.08. The molecule has 0 spiro atoms. The van der Waals surface area contributed by atoms with E-state index in [0.29, 0.717) is 11.1 Å². The molecule has 0 saturated heterocycles. The van der Waals surface area contributed by atoms with E-state index in [2.05, 4.69) is 6.08 Å². The van der Waals surface area contributed by atoms with E-state index >= 15 is 0 Å². The molecule has 0 fully saturated rings. The van der Waals surface area contributed by atoms with Crippen LogP contribution in [0.5, 0.6) is 0 Å². The predicted molar refractivity (Wildman–Crippen MR) is 91.7 cm³/mol. The molecule has 0 aliphatic rings. The smallest absolute Gasteiger partial charge is 0.338 e. The van der Waals surface area contributed by atoms with Gasteiger partial charge in [-0.3, -0.25) is 4.79 Å². The van der Waals surface area contributed by atoms with E-state index in [4.69, 9.17) is 4.74 Å². The van der Waals surface area contributed by atoms with Crippen molar-refractivity contribution in [3.05, 3.63) is 52.6 Å². The third kappa shape index (κ3) is 6.31. The molecule has 0 unspecified atom stereocenters. The minimum Gasteiger partial charge on any atom is -0.458 e. The van der Waals surface area contributed by atoms with Crippen LogP contribution in [0.1, 0.15) is 48.4 Å². The van der Waals surface area contributed by atoms with Crippen LogP contribution < -0.4 is 0 Å². The molecule has 118 valence electrons. The van der Waals surface area contributed by atoms with Gasteiger partial charge in [0.2, 0.25) is 0 Å². The van der Waals surface area contributed by atoms with Crippen molar-refractivity contribution in [2.75, 3.05) is 12.4 Å². The summed E-state index contributed by atoms with van der Waals surface area (Å²) in [5.74, 6) is 0.384. The van der Waals surface area contributed by atoms with E-state index in [1.54, 1.807) is 30.0 Å². The number of aldehydes is 1. The molecule has 1 aromatic rings. The number of thioether (sulfide) groups is 1. The molecule has 0 amide bonds. The fourth-order valence-corrected chi connectivity index (χ4v) is 2.60. The maximum atomic E-state index is 11.9. The number of carbonyl (C=O) groups is 2. The van der Waals surface area contributed by atoms with E-state index in [1.165, 1.54) is 5.57 Å². The topological polar surface area (TPSA) is 43.4 Å². The first-order valence-electron chi connectivity index (χ1n) is 7.10. The third-order valence-electron chi connectivity index (χ3n) is 2.81. The molecule has 0 atom stereocenters. The maximum absolute atomic E-state index is 11.9. The SMILES string of the molecule is CC(C)=CCOC(=O)c1ccc(SCC=C(C)C)c(C=O)c1. The largest absolute Gasteiger partial charge is 0.458 e. The number of esters is 1. The van der Waals surface area contributed by atoms with Gasteiger partial charge in [-0.1, -0.05) is 17.2 Å². The Hall–Kier alpha value is -1.81. The van der Waals surface area contributed by atoms with Gasteiger partial charge in [-0.05, 0) is 52.0 Å². The number of hydrogen-bond donors (Lipinski definition) is 0. The average molecular weight is 318 g/mol. The molecule has 0 heterocycles. The van der Waals surface area contributed by atoms with E-state index in [-0.39, 0.29) is 6.61 Å². The van der Waals surface area contributed by atoms with Crippen molar-refractivity contribution in [2.24, 2.45) is 0 Å². The summed E-state index contributed by atoms with van der Waals surface area (Å²) >= 11 is 1.57. The zero-order valence-electron chi connectivity index (χ0n) is 13.5. The van der Waals surface area contributed by atoms with Crippen molar-refractivity contribution in [1.82, 2.24) is 0 Å². The summed E-state index contributed by atoms with van der Waals surface area (Å²) in [7, 11) is 0. The van der Waals surface area contributed by atoms with Crippen LogP contribution in [0.25, 0.3) is 0 Å². The number of allylic oxidation sites excluding steroid dienone is 2. The van der Waals surface area contributed by atoms with Gasteiger partial charge in [-0.15, -0.1) is 11.8 Å². The zero-order chi connectivity index (χ0) is 16.5. The van der Waals surface area contributed by atoms with Crippen LogP contribution in [-0.4, -0.2) is 24.6 Å². The highest BCUT2D eigenvalue weighted by molar-refractivity contribution is 7.99. The highest BCUT2D eigenvalue weighted by Crippen LogP contribution is 2.23. The molecular formula is C18H22O3S. The summed E-state index contributed by atoms with van der Waals surface area (Å²) in [6.07, 6.45) is 4.71. The van der Waals surface area contributed by atoms with Gasteiger partial charge < -0.3 is 4.74 Å². The zero-order valence-corrected chi connectivity index (χ0v) is 14.3. The number of ether oxygens (including phenoxy) is 1. The molecule has 22 heavy (non-hydrogen) atoms. The van der Waals surface area contributed by atoms with E-state index < -0.39 is 5.97 Å². The standard InChI is InChI=1S/C18H22O3S/c1-13(2)7-9-21-18(20)15-5-6-17(16(11-15)12-19)22-10-8-14(3)4/h5-8,11-12H,9-10H2,1-4H3. The molecule has 0 aliphatic carbocycles. The number of carbonyl (C=O) groups excluding carboxylic acids is 2. The quantitative estimate of drug-likeness (QED) is 0.317. The third-order valence-corrected chi connectivity index (χ3v) is 3.83. The van der Waals surface area contributed by atoms with Crippen LogP contribution >= 0.6 is 11.8 Å². The Morgan fingerprint density at radius 1 is 1.14 bits per heavy atom. The summed E-state index contributed by atoms with van der Waals surface area (Å²) in [6.45, 7) is 8.20. The highest BCUT2D eigenvalue weighted by atomic mass is 32.2. The molecule has 3 nitrogen and oxygen atoms in total. The first-order chi connectivity index (χ1) is 10.4. The fraction of sp³-hybridized carbons (Fsp3) is 0.333. The molecule has 1 aromatic carbocycles. The number of hydrogen-bond acceptors (Lipinski definition) is 4. The fourth-order valence-electron chi connectivity index (χ4n) is 1.56.